The summed E-state index contributed by atoms with van der Waals surface area (Å²) >= 11 is 1.82. The number of hydrogen-bond acceptors (Lipinski definition) is 1. The topological polar surface area (TPSA) is 3.88 Å². The average molecular weight is 283 g/mol. The zero-order valence-electron chi connectivity index (χ0n) is 7.39. The van der Waals surface area contributed by atoms with Gasteiger partial charge in [0.25, 0.3) is 0 Å². The predicted molar refractivity (Wildman–Crippen MR) is 44.3 cm³/mol. The van der Waals surface area contributed by atoms with Gasteiger partial charge < -0.3 is 24.0 Å². The van der Waals surface area contributed by atoms with Crippen molar-refractivity contribution in [3.8, 4) is 0 Å². The van der Waals surface area contributed by atoms with Gasteiger partial charge in [0.15, 0.2) is 5.69 Å². The molecule has 11 heavy (non-hydrogen) atoms. The molecular formula is C8H14INS. The predicted octanol–water partition coefficient (Wildman–Crippen LogP) is -0.992. The molecule has 0 aliphatic rings. The van der Waals surface area contributed by atoms with Crippen molar-refractivity contribution in [3.63, 3.8) is 0 Å². The third-order valence-electron chi connectivity index (χ3n) is 1.80. The molecule has 1 aromatic rings. The average Bonchev–Trinajstić information content (AvgIpc) is 2.14. The summed E-state index contributed by atoms with van der Waals surface area (Å²) in [5.74, 6) is 0.648. The Morgan fingerprint density at radius 3 is 2.18 bits per heavy atom. The normalized spacial score (nSPS) is 9.91. The quantitative estimate of drug-likeness (QED) is 0.460. The van der Waals surface area contributed by atoms with Gasteiger partial charge in [-0.2, -0.15) is 4.57 Å². The molecule has 0 spiro atoms. The van der Waals surface area contributed by atoms with Crippen molar-refractivity contribution < 1.29 is 28.5 Å². The van der Waals surface area contributed by atoms with Crippen LogP contribution in [0.4, 0.5) is 0 Å². The summed E-state index contributed by atoms with van der Waals surface area (Å²) in [5.41, 5.74) is 1.43. The van der Waals surface area contributed by atoms with E-state index in [1.807, 2.05) is 11.3 Å². The van der Waals surface area contributed by atoms with Gasteiger partial charge in [-0.25, -0.2) is 0 Å². The molecular weight excluding hydrogens is 269 g/mol. The minimum atomic E-state index is 0. The van der Waals surface area contributed by atoms with Crippen LogP contribution in [0.5, 0.6) is 0 Å². The minimum absolute atomic E-state index is 0. The maximum absolute atomic E-state index is 2.26. The van der Waals surface area contributed by atoms with Gasteiger partial charge >= 0.3 is 0 Å². The van der Waals surface area contributed by atoms with Gasteiger partial charge in [0.2, 0.25) is 5.01 Å². The molecule has 0 aliphatic carbocycles. The maximum atomic E-state index is 2.26. The number of thiazole rings is 1. The number of nitrogens with zero attached hydrogens (tertiary/aromatic N) is 1. The summed E-state index contributed by atoms with van der Waals surface area (Å²) in [4.78, 5) is 0. The highest BCUT2D eigenvalue weighted by Crippen LogP contribution is 2.13. The van der Waals surface area contributed by atoms with E-state index in [2.05, 4.69) is 37.8 Å². The number of halogens is 1. The number of rotatable bonds is 1. The fourth-order valence-electron chi connectivity index (χ4n) is 1.01. The van der Waals surface area contributed by atoms with Gasteiger partial charge in [0.1, 0.15) is 7.05 Å². The molecule has 1 heterocycles. The van der Waals surface area contributed by atoms with Crippen molar-refractivity contribution in [3.05, 3.63) is 16.1 Å². The lowest BCUT2D eigenvalue weighted by Gasteiger charge is -1.95. The van der Waals surface area contributed by atoms with Crippen LogP contribution in [0.15, 0.2) is 5.38 Å². The van der Waals surface area contributed by atoms with Crippen LogP contribution >= 0.6 is 11.3 Å². The molecule has 1 aromatic heterocycles. The molecule has 0 radical (unpaired) electrons. The third kappa shape index (κ3) is 2.40. The monoisotopic (exact) mass is 283 g/mol. The first-order chi connectivity index (χ1) is 4.63. The summed E-state index contributed by atoms with van der Waals surface area (Å²) in [5, 5.41) is 3.61. The van der Waals surface area contributed by atoms with Crippen LogP contribution in [0.2, 0.25) is 0 Å². The molecule has 1 nitrogen and oxygen atoms in total. The highest BCUT2D eigenvalue weighted by atomic mass is 127. The second-order valence-corrected chi connectivity index (χ2v) is 3.96. The molecule has 0 saturated heterocycles. The Kier molecular flexibility index (Phi) is 4.55. The lowest BCUT2D eigenvalue weighted by atomic mass is 10.1. The standard InChI is InChI=1S/C8H14NS.HI/c1-6(2)8-5-10-7(3)9(8)4;/h5-6H,1-4H3;1H/q+1;/p-1. The fourth-order valence-corrected chi connectivity index (χ4v) is 1.99. The van der Waals surface area contributed by atoms with E-state index in [0.29, 0.717) is 5.92 Å². The first kappa shape index (κ1) is 11.4. The van der Waals surface area contributed by atoms with Crippen LogP contribution in [0.25, 0.3) is 0 Å². The SMILES string of the molecule is Cc1scc(C(C)C)[n+]1C.[I-]. The fraction of sp³-hybridized carbons (Fsp3) is 0.625. The van der Waals surface area contributed by atoms with Crippen LogP contribution in [0, 0.1) is 6.92 Å². The summed E-state index contributed by atoms with van der Waals surface area (Å²) < 4.78 is 2.26. The van der Waals surface area contributed by atoms with Crippen molar-refractivity contribution >= 4 is 11.3 Å². The number of aromatic nitrogens is 1. The largest absolute Gasteiger partial charge is 1.00 e. The van der Waals surface area contributed by atoms with E-state index >= 15 is 0 Å². The first-order valence-corrected chi connectivity index (χ1v) is 4.45. The van der Waals surface area contributed by atoms with Crippen LogP contribution in [0.1, 0.15) is 30.5 Å². The molecule has 0 unspecified atom stereocenters. The Hall–Kier alpha value is 0.360. The first-order valence-electron chi connectivity index (χ1n) is 3.57. The molecule has 0 aliphatic heterocycles. The van der Waals surface area contributed by atoms with Gasteiger partial charge in [0, 0.05) is 12.8 Å². The minimum Gasteiger partial charge on any atom is -1.00 e. The Labute approximate surface area is 89.5 Å². The zero-order valence-corrected chi connectivity index (χ0v) is 10.4. The molecule has 1 rings (SSSR count). The van der Waals surface area contributed by atoms with Crippen LogP contribution in [-0.2, 0) is 7.05 Å². The molecule has 3 heteroatoms. The zero-order chi connectivity index (χ0) is 7.72. The van der Waals surface area contributed by atoms with Crippen molar-refractivity contribution in [2.45, 2.75) is 26.7 Å². The number of hydrogen-bond donors (Lipinski definition) is 0. The summed E-state index contributed by atoms with van der Waals surface area (Å²) in [6.45, 7) is 6.60. The van der Waals surface area contributed by atoms with Crippen molar-refractivity contribution in [2.75, 3.05) is 0 Å². The molecule has 0 bridgehead atoms. The Morgan fingerprint density at radius 2 is 2.00 bits per heavy atom. The number of aryl methyl sites for hydroxylation is 1. The van der Waals surface area contributed by atoms with E-state index in [-0.39, 0.29) is 24.0 Å². The van der Waals surface area contributed by atoms with Gasteiger partial charge in [-0.1, -0.05) is 25.2 Å². The van der Waals surface area contributed by atoms with Crippen molar-refractivity contribution in [1.29, 1.82) is 0 Å². The van der Waals surface area contributed by atoms with E-state index < -0.39 is 0 Å². The molecule has 0 N–H and O–H groups in total. The van der Waals surface area contributed by atoms with Gasteiger partial charge in [-0.05, 0) is 0 Å². The van der Waals surface area contributed by atoms with Gasteiger partial charge in [0.05, 0.1) is 5.38 Å². The lowest BCUT2D eigenvalue weighted by Crippen LogP contribution is -3.00. The highest BCUT2D eigenvalue weighted by Gasteiger charge is 2.14. The molecule has 0 atom stereocenters. The van der Waals surface area contributed by atoms with Crippen molar-refractivity contribution in [1.82, 2.24) is 0 Å². The summed E-state index contributed by atoms with van der Waals surface area (Å²) in [6, 6.07) is 0. The molecule has 0 amide bonds. The summed E-state index contributed by atoms with van der Waals surface area (Å²) in [7, 11) is 2.13. The van der Waals surface area contributed by atoms with Crippen LogP contribution in [0.3, 0.4) is 0 Å². The van der Waals surface area contributed by atoms with Gasteiger partial charge in [-0.15, -0.1) is 0 Å². The van der Waals surface area contributed by atoms with E-state index in [9.17, 15) is 0 Å². The van der Waals surface area contributed by atoms with Crippen LogP contribution < -0.4 is 28.5 Å². The second-order valence-electron chi connectivity index (χ2n) is 2.89. The Balaban J connectivity index is 0.000001000. The van der Waals surface area contributed by atoms with Crippen LogP contribution in [-0.4, -0.2) is 0 Å². The van der Waals surface area contributed by atoms with E-state index in [0.717, 1.165) is 0 Å². The Morgan fingerprint density at radius 1 is 1.45 bits per heavy atom. The lowest BCUT2D eigenvalue weighted by molar-refractivity contribution is -0.681. The van der Waals surface area contributed by atoms with E-state index in [1.165, 1.54) is 10.7 Å². The molecule has 0 aromatic carbocycles. The summed E-state index contributed by atoms with van der Waals surface area (Å²) in [6.07, 6.45) is 0. The third-order valence-corrected chi connectivity index (χ3v) is 2.78. The van der Waals surface area contributed by atoms with E-state index in [4.69, 9.17) is 0 Å². The highest BCUT2D eigenvalue weighted by molar-refractivity contribution is 7.09. The smallest absolute Gasteiger partial charge is 0.234 e. The molecule has 64 valence electrons. The van der Waals surface area contributed by atoms with Crippen molar-refractivity contribution in [2.24, 2.45) is 7.05 Å². The van der Waals surface area contributed by atoms with Gasteiger partial charge in [-0.3, -0.25) is 0 Å². The molecule has 0 fully saturated rings. The second kappa shape index (κ2) is 4.40. The van der Waals surface area contributed by atoms with E-state index in [1.54, 1.807) is 0 Å². The maximum Gasteiger partial charge on any atom is 0.234 e. The Bertz CT molecular complexity index is 230. The molecule has 0 saturated carbocycles.